The van der Waals surface area contributed by atoms with E-state index >= 15 is 0 Å². The normalized spacial score (nSPS) is 24.3. The molecule has 0 unspecified atom stereocenters. The van der Waals surface area contributed by atoms with Gasteiger partial charge in [-0.15, -0.1) is 0 Å². The summed E-state index contributed by atoms with van der Waals surface area (Å²) in [5.41, 5.74) is 2.74. The summed E-state index contributed by atoms with van der Waals surface area (Å²) in [6.07, 6.45) is 1.79. The number of fused-ring (bicyclic) bond motifs is 1. The first-order valence-electron chi connectivity index (χ1n) is 10.2. The molecule has 140 valence electrons. The number of amides is 1. The van der Waals surface area contributed by atoms with Gasteiger partial charge in [0.2, 0.25) is 5.91 Å². The minimum Gasteiger partial charge on any atom is -0.337 e. The van der Waals surface area contributed by atoms with Gasteiger partial charge in [-0.1, -0.05) is 60.7 Å². The first kappa shape index (κ1) is 17.0. The van der Waals surface area contributed by atoms with E-state index in [0.29, 0.717) is 24.0 Å². The number of benzene rings is 2. The highest BCUT2D eigenvalue weighted by Crippen LogP contribution is 2.34. The van der Waals surface area contributed by atoms with E-state index in [2.05, 4.69) is 75.4 Å². The topological polar surface area (TPSA) is 26.8 Å². The van der Waals surface area contributed by atoms with Gasteiger partial charge in [-0.05, 0) is 17.5 Å². The molecule has 2 aromatic rings. The highest BCUT2D eigenvalue weighted by atomic mass is 16.2. The third-order valence-corrected chi connectivity index (χ3v) is 6.53. The molecule has 0 N–H and O–H groups in total. The van der Waals surface area contributed by atoms with Crippen molar-refractivity contribution in [3.63, 3.8) is 0 Å². The van der Waals surface area contributed by atoms with E-state index in [0.717, 1.165) is 45.6 Å². The van der Waals surface area contributed by atoms with Gasteiger partial charge in [0, 0.05) is 51.2 Å². The monoisotopic (exact) mass is 361 g/mol. The van der Waals surface area contributed by atoms with Crippen molar-refractivity contribution in [1.29, 1.82) is 0 Å². The number of hydrogen-bond donors (Lipinski definition) is 0. The first-order valence-corrected chi connectivity index (χ1v) is 10.2. The van der Waals surface area contributed by atoms with Crippen molar-refractivity contribution >= 4 is 5.91 Å². The number of carbonyl (C=O) groups excluding carboxylic acids is 1. The van der Waals surface area contributed by atoms with Crippen molar-refractivity contribution in [2.45, 2.75) is 31.0 Å². The van der Waals surface area contributed by atoms with Crippen molar-refractivity contribution < 1.29 is 4.79 Å². The van der Waals surface area contributed by atoms with E-state index in [4.69, 9.17) is 0 Å². The highest BCUT2D eigenvalue weighted by Gasteiger charge is 2.42. The molecule has 5 rings (SSSR count). The molecule has 3 fully saturated rings. The minimum absolute atomic E-state index is 0.331. The summed E-state index contributed by atoms with van der Waals surface area (Å²) < 4.78 is 0. The molecular formula is C23H27N3O. The molecule has 3 aliphatic rings. The molecular weight excluding hydrogens is 334 g/mol. The van der Waals surface area contributed by atoms with Gasteiger partial charge in [0.15, 0.2) is 0 Å². The molecule has 3 aliphatic heterocycles. The van der Waals surface area contributed by atoms with E-state index < -0.39 is 0 Å². The van der Waals surface area contributed by atoms with Crippen LogP contribution in [0.5, 0.6) is 0 Å². The Morgan fingerprint density at radius 2 is 1.41 bits per heavy atom. The summed E-state index contributed by atoms with van der Waals surface area (Å²) in [6.45, 7) is 5.22. The maximum Gasteiger partial charge on any atom is 0.222 e. The van der Waals surface area contributed by atoms with Gasteiger partial charge in [-0.25, -0.2) is 0 Å². The van der Waals surface area contributed by atoms with Gasteiger partial charge in [-0.3, -0.25) is 14.6 Å². The highest BCUT2D eigenvalue weighted by molar-refractivity contribution is 5.78. The van der Waals surface area contributed by atoms with Crippen molar-refractivity contribution in [3.05, 3.63) is 71.8 Å². The van der Waals surface area contributed by atoms with Crippen LogP contribution in [-0.4, -0.2) is 65.4 Å². The molecule has 2 aromatic carbocycles. The number of hydrogen-bond acceptors (Lipinski definition) is 3. The van der Waals surface area contributed by atoms with E-state index in [1.807, 2.05) is 0 Å². The minimum atomic E-state index is 0.331. The lowest BCUT2D eigenvalue weighted by Crippen LogP contribution is -2.64. The lowest BCUT2D eigenvalue weighted by atomic mass is 9.92. The lowest BCUT2D eigenvalue weighted by Gasteiger charge is -2.51. The fourth-order valence-corrected chi connectivity index (χ4v) is 5.03. The van der Waals surface area contributed by atoms with Crippen LogP contribution >= 0.6 is 0 Å². The summed E-state index contributed by atoms with van der Waals surface area (Å²) in [5.74, 6) is 0.364. The Bertz CT molecular complexity index is 748. The number of rotatable bonds is 4. The number of piperazine rings is 1. The Balaban J connectivity index is 1.29. The van der Waals surface area contributed by atoms with Crippen LogP contribution in [0.15, 0.2) is 60.7 Å². The lowest BCUT2D eigenvalue weighted by molar-refractivity contribution is -0.131. The fraction of sp³-hybridized carbons (Fsp3) is 0.435. The Morgan fingerprint density at radius 1 is 0.778 bits per heavy atom. The van der Waals surface area contributed by atoms with Crippen LogP contribution in [-0.2, 0) is 4.79 Å². The summed E-state index contributed by atoms with van der Waals surface area (Å²) in [6, 6.07) is 23.1. The molecule has 3 saturated heterocycles. The predicted octanol–water partition coefficient (Wildman–Crippen LogP) is 2.77. The molecule has 4 nitrogen and oxygen atoms in total. The standard InChI is InChI=1S/C23H27N3O/c27-22-12-11-20-15-24(13-14-26(20)22)21-16-25(17-21)23(18-7-3-1-4-8-18)19-9-5-2-6-10-19/h1-10,20-21,23H,11-17H2/t20-/m0/s1. The second-order valence-electron chi connectivity index (χ2n) is 8.11. The van der Waals surface area contributed by atoms with Crippen LogP contribution in [0, 0.1) is 0 Å². The van der Waals surface area contributed by atoms with Gasteiger partial charge in [0.1, 0.15) is 0 Å². The van der Waals surface area contributed by atoms with Crippen LogP contribution in [0.3, 0.4) is 0 Å². The fourth-order valence-electron chi connectivity index (χ4n) is 5.03. The van der Waals surface area contributed by atoms with Crippen molar-refractivity contribution in [2.24, 2.45) is 0 Å². The molecule has 1 atom stereocenters. The van der Waals surface area contributed by atoms with E-state index in [-0.39, 0.29) is 0 Å². The summed E-state index contributed by atoms with van der Waals surface area (Å²) in [4.78, 5) is 19.3. The molecule has 0 aliphatic carbocycles. The van der Waals surface area contributed by atoms with E-state index in [1.165, 1.54) is 11.1 Å². The Morgan fingerprint density at radius 3 is 2.04 bits per heavy atom. The van der Waals surface area contributed by atoms with Crippen LogP contribution in [0.2, 0.25) is 0 Å². The predicted molar refractivity (Wildman–Crippen MR) is 106 cm³/mol. The third kappa shape index (κ3) is 3.17. The van der Waals surface area contributed by atoms with Gasteiger partial charge >= 0.3 is 0 Å². The largest absolute Gasteiger partial charge is 0.337 e. The SMILES string of the molecule is O=C1CC[C@H]2CN(C3CN(C(c4ccccc4)c4ccccc4)C3)CCN12. The van der Waals surface area contributed by atoms with Crippen LogP contribution in [0.1, 0.15) is 30.0 Å². The maximum atomic E-state index is 11.9. The Kier molecular flexibility index (Phi) is 4.46. The zero-order valence-corrected chi connectivity index (χ0v) is 15.7. The number of nitrogens with zero attached hydrogens (tertiary/aromatic N) is 3. The van der Waals surface area contributed by atoms with Gasteiger partial charge in [-0.2, -0.15) is 0 Å². The molecule has 0 saturated carbocycles. The quantitative estimate of drug-likeness (QED) is 0.838. The van der Waals surface area contributed by atoms with Crippen LogP contribution in [0.4, 0.5) is 0 Å². The number of likely N-dealkylation sites (tertiary alicyclic amines) is 1. The van der Waals surface area contributed by atoms with Crippen LogP contribution in [0.25, 0.3) is 0 Å². The average molecular weight is 361 g/mol. The van der Waals surface area contributed by atoms with Gasteiger partial charge in [0.05, 0.1) is 6.04 Å². The maximum absolute atomic E-state index is 11.9. The van der Waals surface area contributed by atoms with Crippen molar-refractivity contribution in [3.8, 4) is 0 Å². The zero-order valence-electron chi connectivity index (χ0n) is 15.7. The molecule has 0 radical (unpaired) electrons. The smallest absolute Gasteiger partial charge is 0.222 e. The molecule has 0 bridgehead atoms. The molecule has 0 spiro atoms. The van der Waals surface area contributed by atoms with Gasteiger partial charge < -0.3 is 4.90 Å². The third-order valence-electron chi connectivity index (χ3n) is 6.53. The Hall–Kier alpha value is -2.17. The molecule has 3 heterocycles. The zero-order chi connectivity index (χ0) is 18.2. The molecule has 4 heteroatoms. The van der Waals surface area contributed by atoms with E-state index in [1.54, 1.807) is 0 Å². The van der Waals surface area contributed by atoms with Crippen LogP contribution < -0.4 is 0 Å². The average Bonchev–Trinajstić information content (AvgIpc) is 3.06. The summed E-state index contributed by atoms with van der Waals surface area (Å²) >= 11 is 0. The summed E-state index contributed by atoms with van der Waals surface area (Å²) in [5, 5.41) is 0. The van der Waals surface area contributed by atoms with E-state index in [9.17, 15) is 4.79 Å². The second kappa shape index (κ2) is 7.10. The molecule has 0 aromatic heterocycles. The van der Waals surface area contributed by atoms with Crippen molar-refractivity contribution in [1.82, 2.24) is 14.7 Å². The second-order valence-corrected chi connectivity index (χ2v) is 8.11. The van der Waals surface area contributed by atoms with Gasteiger partial charge in [0.25, 0.3) is 0 Å². The Labute approximate surface area is 161 Å². The summed E-state index contributed by atoms with van der Waals surface area (Å²) in [7, 11) is 0. The first-order chi connectivity index (χ1) is 13.3. The van der Waals surface area contributed by atoms with Crippen molar-refractivity contribution in [2.75, 3.05) is 32.7 Å². The molecule has 27 heavy (non-hydrogen) atoms. The molecule has 1 amide bonds. The number of carbonyl (C=O) groups is 1.